The van der Waals surface area contributed by atoms with Gasteiger partial charge in [-0.1, -0.05) is 32.4 Å². The van der Waals surface area contributed by atoms with Crippen LogP contribution >= 0.6 is 34.2 Å². The minimum Gasteiger partial charge on any atom is -0.381 e. The third-order valence-electron chi connectivity index (χ3n) is 6.05. The Hall–Kier alpha value is 0.0400. The van der Waals surface area contributed by atoms with Gasteiger partial charge in [-0.15, -0.1) is 0 Å². The lowest BCUT2D eigenvalue weighted by atomic mass is 9.69. The largest absolute Gasteiger partial charge is 0.381 e. The Morgan fingerprint density at radius 1 is 1.32 bits per heavy atom. The summed E-state index contributed by atoms with van der Waals surface area (Å²) in [6, 6.07) is 6.83. The average Bonchev–Trinajstić information content (AvgIpc) is 2.65. The van der Waals surface area contributed by atoms with Crippen molar-refractivity contribution in [3.05, 3.63) is 26.8 Å². The second-order valence-corrected chi connectivity index (χ2v) is 8.58. The molecule has 0 aliphatic heterocycles. The molecule has 2 fully saturated rings. The molecule has 3 rings (SSSR count). The van der Waals surface area contributed by atoms with E-state index in [1.54, 1.807) is 0 Å². The third kappa shape index (κ3) is 2.01. The van der Waals surface area contributed by atoms with Crippen molar-refractivity contribution >= 4 is 39.9 Å². The van der Waals surface area contributed by atoms with Gasteiger partial charge in [0, 0.05) is 9.61 Å². The number of fused-ring (bicyclic) bond motifs is 2. The summed E-state index contributed by atoms with van der Waals surface area (Å²) in [4.78, 5) is 0. The molecule has 0 aromatic heterocycles. The normalized spacial score (nSPS) is 35.6. The van der Waals surface area contributed by atoms with E-state index in [2.05, 4.69) is 60.8 Å². The maximum atomic E-state index is 6.36. The van der Waals surface area contributed by atoms with Crippen molar-refractivity contribution < 1.29 is 0 Å². The zero-order chi connectivity index (χ0) is 13.8. The Kier molecular flexibility index (Phi) is 3.33. The SMILES string of the molecule is CC1(C)C2CCC1(C)C(Nc1ccc(I)cc1Cl)C2. The molecule has 19 heavy (non-hydrogen) atoms. The summed E-state index contributed by atoms with van der Waals surface area (Å²) in [5, 5.41) is 4.57. The third-order valence-corrected chi connectivity index (χ3v) is 7.04. The molecule has 0 saturated heterocycles. The van der Waals surface area contributed by atoms with Crippen LogP contribution in [0, 0.1) is 20.3 Å². The topological polar surface area (TPSA) is 12.0 Å². The maximum absolute atomic E-state index is 6.36. The van der Waals surface area contributed by atoms with E-state index >= 15 is 0 Å². The lowest BCUT2D eigenvalue weighted by Gasteiger charge is -2.40. The van der Waals surface area contributed by atoms with Gasteiger partial charge in [0.2, 0.25) is 0 Å². The van der Waals surface area contributed by atoms with Crippen LogP contribution in [0.25, 0.3) is 0 Å². The van der Waals surface area contributed by atoms with Crippen molar-refractivity contribution in [1.82, 2.24) is 0 Å². The summed E-state index contributed by atoms with van der Waals surface area (Å²) in [6.07, 6.45) is 4.01. The summed E-state index contributed by atoms with van der Waals surface area (Å²) in [5.74, 6) is 0.859. The van der Waals surface area contributed by atoms with Gasteiger partial charge < -0.3 is 5.32 Å². The van der Waals surface area contributed by atoms with Gasteiger partial charge >= 0.3 is 0 Å². The Balaban J connectivity index is 1.86. The van der Waals surface area contributed by atoms with Crippen LogP contribution < -0.4 is 5.32 Å². The van der Waals surface area contributed by atoms with Crippen LogP contribution in [0.15, 0.2) is 18.2 Å². The number of halogens is 2. The standard InChI is InChI=1S/C16H21ClIN/c1-15(2)10-6-7-16(15,3)14(8-10)19-13-5-4-11(18)9-12(13)17/h4-5,9-10,14,19H,6-8H2,1-3H3. The van der Waals surface area contributed by atoms with Crippen LogP contribution in [0.1, 0.15) is 40.0 Å². The zero-order valence-corrected chi connectivity index (χ0v) is 14.7. The van der Waals surface area contributed by atoms with Crippen LogP contribution in [-0.2, 0) is 0 Å². The lowest BCUT2D eigenvalue weighted by molar-refractivity contribution is 0.142. The van der Waals surface area contributed by atoms with Gasteiger partial charge in [-0.3, -0.25) is 0 Å². The Morgan fingerprint density at radius 2 is 2.05 bits per heavy atom. The summed E-state index contributed by atoms with van der Waals surface area (Å²) >= 11 is 8.66. The molecule has 104 valence electrons. The fourth-order valence-corrected chi connectivity index (χ4v) is 5.13. The Morgan fingerprint density at radius 3 is 2.58 bits per heavy atom. The predicted octanol–water partition coefficient (Wildman–Crippen LogP) is 5.57. The number of benzene rings is 1. The highest BCUT2D eigenvalue weighted by atomic mass is 127. The van der Waals surface area contributed by atoms with Crippen molar-refractivity contribution in [1.29, 1.82) is 0 Å². The van der Waals surface area contributed by atoms with Crippen molar-refractivity contribution in [2.45, 2.75) is 46.1 Å². The second kappa shape index (κ2) is 4.52. The molecule has 0 radical (unpaired) electrons. The first kappa shape index (κ1) is 14.0. The second-order valence-electron chi connectivity index (χ2n) is 6.93. The number of hydrogen-bond donors (Lipinski definition) is 1. The van der Waals surface area contributed by atoms with Crippen molar-refractivity contribution in [3.63, 3.8) is 0 Å². The molecule has 0 heterocycles. The first-order chi connectivity index (χ1) is 8.84. The van der Waals surface area contributed by atoms with Gasteiger partial charge in [0.15, 0.2) is 0 Å². The van der Waals surface area contributed by atoms with Gasteiger partial charge in [0.25, 0.3) is 0 Å². The molecule has 2 saturated carbocycles. The molecule has 3 heteroatoms. The van der Waals surface area contributed by atoms with E-state index in [4.69, 9.17) is 11.6 Å². The number of hydrogen-bond acceptors (Lipinski definition) is 1. The smallest absolute Gasteiger partial charge is 0.0648 e. The highest BCUT2D eigenvalue weighted by molar-refractivity contribution is 14.1. The zero-order valence-electron chi connectivity index (χ0n) is 11.8. The highest BCUT2D eigenvalue weighted by Crippen LogP contribution is 2.65. The van der Waals surface area contributed by atoms with Gasteiger partial charge in [-0.05, 0) is 76.8 Å². The van der Waals surface area contributed by atoms with Crippen LogP contribution in [0.2, 0.25) is 5.02 Å². The van der Waals surface area contributed by atoms with Gasteiger partial charge in [-0.25, -0.2) is 0 Å². The number of nitrogens with one attached hydrogen (secondary N) is 1. The molecule has 1 aromatic carbocycles. The fourth-order valence-electron chi connectivity index (χ4n) is 4.22. The van der Waals surface area contributed by atoms with E-state index in [0.29, 0.717) is 16.9 Å². The van der Waals surface area contributed by atoms with E-state index < -0.39 is 0 Å². The first-order valence-electron chi connectivity index (χ1n) is 7.06. The molecule has 1 N–H and O–H groups in total. The molecule has 1 nitrogen and oxygen atoms in total. The minimum atomic E-state index is 0.393. The summed E-state index contributed by atoms with van der Waals surface area (Å²) in [7, 11) is 0. The molecule has 2 aliphatic carbocycles. The molecule has 2 aliphatic rings. The van der Waals surface area contributed by atoms with E-state index in [9.17, 15) is 0 Å². The summed E-state index contributed by atoms with van der Waals surface area (Å²) < 4.78 is 1.19. The molecule has 3 unspecified atom stereocenters. The van der Waals surface area contributed by atoms with E-state index in [-0.39, 0.29) is 0 Å². The number of rotatable bonds is 2. The molecular formula is C16H21ClIN. The van der Waals surface area contributed by atoms with Crippen LogP contribution in [0.4, 0.5) is 5.69 Å². The molecule has 0 spiro atoms. The molecule has 3 atom stereocenters. The monoisotopic (exact) mass is 389 g/mol. The van der Waals surface area contributed by atoms with Crippen LogP contribution in [0.3, 0.4) is 0 Å². The van der Waals surface area contributed by atoms with E-state index in [0.717, 1.165) is 16.6 Å². The van der Waals surface area contributed by atoms with Crippen molar-refractivity contribution in [2.24, 2.45) is 16.7 Å². The van der Waals surface area contributed by atoms with E-state index in [1.807, 2.05) is 6.07 Å². The highest BCUT2D eigenvalue weighted by Gasteiger charge is 2.61. The molecular weight excluding hydrogens is 369 g/mol. The molecule has 1 aromatic rings. The predicted molar refractivity (Wildman–Crippen MR) is 90.8 cm³/mol. The Bertz CT molecular complexity index is 513. The molecule has 2 bridgehead atoms. The maximum Gasteiger partial charge on any atom is 0.0648 e. The van der Waals surface area contributed by atoms with Gasteiger partial charge in [0.1, 0.15) is 0 Å². The van der Waals surface area contributed by atoms with Crippen LogP contribution in [-0.4, -0.2) is 6.04 Å². The van der Waals surface area contributed by atoms with Gasteiger partial charge in [0.05, 0.1) is 10.7 Å². The van der Waals surface area contributed by atoms with Crippen molar-refractivity contribution in [3.8, 4) is 0 Å². The summed E-state index contributed by atoms with van der Waals surface area (Å²) in [5.41, 5.74) is 1.93. The fraction of sp³-hybridized carbons (Fsp3) is 0.625. The minimum absolute atomic E-state index is 0.393. The van der Waals surface area contributed by atoms with Crippen molar-refractivity contribution in [2.75, 3.05) is 5.32 Å². The lowest BCUT2D eigenvalue weighted by Crippen LogP contribution is -2.40. The number of anilines is 1. The van der Waals surface area contributed by atoms with E-state index in [1.165, 1.54) is 22.8 Å². The molecule has 0 amide bonds. The van der Waals surface area contributed by atoms with Gasteiger partial charge in [-0.2, -0.15) is 0 Å². The first-order valence-corrected chi connectivity index (χ1v) is 8.52. The van der Waals surface area contributed by atoms with Crippen LogP contribution in [0.5, 0.6) is 0 Å². The quantitative estimate of drug-likeness (QED) is 0.652. The Labute approximate surface area is 134 Å². The summed E-state index contributed by atoms with van der Waals surface area (Å²) in [6.45, 7) is 7.35. The average molecular weight is 390 g/mol.